The first-order valence-electron chi connectivity index (χ1n) is 5.59. The fourth-order valence-corrected chi connectivity index (χ4v) is 2.23. The van der Waals surface area contributed by atoms with Gasteiger partial charge in [-0.25, -0.2) is 4.39 Å². The Hall–Kier alpha value is -1.99. The zero-order chi connectivity index (χ0) is 15.6. The van der Waals surface area contributed by atoms with Crippen LogP contribution in [-0.2, 0) is 0 Å². The lowest BCUT2D eigenvalue weighted by atomic mass is 10.2. The van der Waals surface area contributed by atoms with Crippen LogP contribution in [0, 0.1) is 15.9 Å². The summed E-state index contributed by atoms with van der Waals surface area (Å²) in [5.74, 6) is -1.09. The Morgan fingerprint density at radius 2 is 2.00 bits per heavy atom. The number of non-ortho nitro benzene ring substituents is 1. The molecule has 2 aromatic carbocycles. The second-order valence-corrected chi connectivity index (χ2v) is 5.26. The van der Waals surface area contributed by atoms with Crippen molar-refractivity contribution in [2.45, 2.75) is 0 Å². The van der Waals surface area contributed by atoms with Gasteiger partial charge in [0.2, 0.25) is 0 Å². The lowest BCUT2D eigenvalue weighted by Gasteiger charge is -2.08. The summed E-state index contributed by atoms with van der Waals surface area (Å²) in [6.07, 6.45) is 0. The molecule has 0 aromatic heterocycles. The Kier molecular flexibility index (Phi) is 4.54. The molecule has 0 saturated carbocycles. The van der Waals surface area contributed by atoms with Gasteiger partial charge in [0.25, 0.3) is 11.6 Å². The number of benzene rings is 2. The van der Waals surface area contributed by atoms with Crippen molar-refractivity contribution in [3.8, 4) is 0 Å². The van der Waals surface area contributed by atoms with E-state index >= 15 is 0 Å². The first-order valence-corrected chi connectivity index (χ1v) is 6.76. The number of carbonyl (C=O) groups is 1. The Morgan fingerprint density at radius 1 is 1.29 bits per heavy atom. The SMILES string of the molecule is O=C(Nc1ccc(F)cc1Br)c1cc([N+](=O)[O-])ccc1Cl. The van der Waals surface area contributed by atoms with Crippen molar-refractivity contribution in [1.29, 1.82) is 0 Å². The minimum Gasteiger partial charge on any atom is -0.321 e. The fraction of sp³-hybridized carbons (Fsp3) is 0. The van der Waals surface area contributed by atoms with Crippen LogP contribution in [0.3, 0.4) is 0 Å². The second kappa shape index (κ2) is 6.19. The van der Waals surface area contributed by atoms with Crippen LogP contribution in [-0.4, -0.2) is 10.8 Å². The van der Waals surface area contributed by atoms with Gasteiger partial charge in [-0.3, -0.25) is 14.9 Å². The molecule has 1 N–H and O–H groups in total. The van der Waals surface area contributed by atoms with Crippen LogP contribution in [0.25, 0.3) is 0 Å². The normalized spacial score (nSPS) is 10.2. The summed E-state index contributed by atoms with van der Waals surface area (Å²) in [5, 5.41) is 13.3. The van der Waals surface area contributed by atoms with Crippen LogP contribution < -0.4 is 5.32 Å². The van der Waals surface area contributed by atoms with Crippen molar-refractivity contribution < 1.29 is 14.1 Å². The van der Waals surface area contributed by atoms with Crippen molar-refractivity contribution in [2.24, 2.45) is 0 Å². The Morgan fingerprint density at radius 3 is 2.62 bits per heavy atom. The molecule has 0 aliphatic rings. The van der Waals surface area contributed by atoms with Gasteiger partial charge in [-0.2, -0.15) is 0 Å². The van der Waals surface area contributed by atoms with Crippen molar-refractivity contribution >= 4 is 44.8 Å². The fourth-order valence-electron chi connectivity index (χ4n) is 1.58. The van der Waals surface area contributed by atoms with Crippen LogP contribution in [0.4, 0.5) is 15.8 Å². The highest BCUT2D eigenvalue weighted by atomic mass is 79.9. The highest BCUT2D eigenvalue weighted by Crippen LogP contribution is 2.26. The Bertz CT molecular complexity index is 739. The van der Waals surface area contributed by atoms with E-state index in [-0.39, 0.29) is 16.3 Å². The molecule has 0 aliphatic carbocycles. The highest BCUT2D eigenvalue weighted by molar-refractivity contribution is 9.10. The number of nitro groups is 1. The van der Waals surface area contributed by atoms with Gasteiger partial charge in [-0.15, -0.1) is 0 Å². The lowest BCUT2D eigenvalue weighted by Crippen LogP contribution is -2.13. The average Bonchev–Trinajstić information content (AvgIpc) is 2.42. The molecular formula is C13H7BrClFN2O3. The molecule has 0 fully saturated rings. The maximum Gasteiger partial charge on any atom is 0.270 e. The predicted octanol–water partition coefficient (Wildman–Crippen LogP) is 4.40. The number of hydrogen-bond acceptors (Lipinski definition) is 3. The standard InChI is InChI=1S/C13H7BrClFN2O3/c14-10-5-7(16)1-4-12(10)17-13(19)9-6-8(18(20)21)2-3-11(9)15/h1-6H,(H,17,19). The monoisotopic (exact) mass is 372 g/mol. The molecule has 0 atom stereocenters. The van der Waals surface area contributed by atoms with Crippen LogP contribution in [0.2, 0.25) is 5.02 Å². The van der Waals surface area contributed by atoms with E-state index in [1.54, 1.807) is 0 Å². The molecule has 0 radical (unpaired) electrons. The number of hydrogen-bond donors (Lipinski definition) is 1. The van der Waals surface area contributed by atoms with Crippen LogP contribution in [0.1, 0.15) is 10.4 Å². The number of anilines is 1. The summed E-state index contributed by atoms with van der Waals surface area (Å²) in [4.78, 5) is 22.2. The van der Waals surface area contributed by atoms with E-state index in [0.29, 0.717) is 10.2 Å². The molecule has 0 bridgehead atoms. The van der Waals surface area contributed by atoms with Crippen molar-refractivity contribution in [1.82, 2.24) is 0 Å². The van der Waals surface area contributed by atoms with E-state index in [1.807, 2.05) is 0 Å². The van der Waals surface area contributed by atoms with Gasteiger partial charge in [0.1, 0.15) is 5.82 Å². The topological polar surface area (TPSA) is 72.2 Å². The molecule has 0 saturated heterocycles. The molecule has 2 aromatic rings. The van der Waals surface area contributed by atoms with Gasteiger partial charge in [-0.05, 0) is 40.2 Å². The predicted molar refractivity (Wildman–Crippen MR) is 80.2 cm³/mol. The van der Waals surface area contributed by atoms with E-state index in [0.717, 1.165) is 6.07 Å². The Labute approximate surface area is 132 Å². The summed E-state index contributed by atoms with van der Waals surface area (Å²) in [7, 11) is 0. The number of nitrogens with zero attached hydrogens (tertiary/aromatic N) is 1. The average molecular weight is 374 g/mol. The zero-order valence-electron chi connectivity index (χ0n) is 10.3. The molecule has 0 aliphatic heterocycles. The quantitative estimate of drug-likeness (QED) is 0.640. The number of halogens is 3. The van der Waals surface area contributed by atoms with Crippen LogP contribution in [0.5, 0.6) is 0 Å². The van der Waals surface area contributed by atoms with Gasteiger partial charge in [0.15, 0.2) is 0 Å². The van der Waals surface area contributed by atoms with Gasteiger partial charge in [0, 0.05) is 16.6 Å². The van der Waals surface area contributed by atoms with E-state index in [9.17, 15) is 19.3 Å². The highest BCUT2D eigenvalue weighted by Gasteiger charge is 2.16. The third-order valence-electron chi connectivity index (χ3n) is 2.58. The third kappa shape index (κ3) is 3.56. The number of amides is 1. The zero-order valence-corrected chi connectivity index (χ0v) is 12.6. The number of carbonyl (C=O) groups excluding carboxylic acids is 1. The molecule has 0 heterocycles. The second-order valence-electron chi connectivity index (χ2n) is 4.00. The first kappa shape index (κ1) is 15.4. The van der Waals surface area contributed by atoms with E-state index < -0.39 is 16.6 Å². The summed E-state index contributed by atoms with van der Waals surface area (Å²) in [6.45, 7) is 0. The summed E-state index contributed by atoms with van der Waals surface area (Å²) in [5.41, 5.74) is 0.0359. The van der Waals surface area contributed by atoms with Crippen LogP contribution in [0.15, 0.2) is 40.9 Å². The van der Waals surface area contributed by atoms with Crippen molar-refractivity contribution in [3.05, 3.63) is 67.4 Å². The van der Waals surface area contributed by atoms with E-state index in [2.05, 4.69) is 21.2 Å². The van der Waals surface area contributed by atoms with Gasteiger partial charge in [0.05, 0.1) is 21.2 Å². The molecule has 21 heavy (non-hydrogen) atoms. The summed E-state index contributed by atoms with van der Waals surface area (Å²) < 4.78 is 13.3. The maximum absolute atomic E-state index is 13.0. The van der Waals surface area contributed by atoms with Crippen molar-refractivity contribution in [3.63, 3.8) is 0 Å². The van der Waals surface area contributed by atoms with Crippen molar-refractivity contribution in [2.75, 3.05) is 5.32 Å². The molecule has 2 rings (SSSR count). The third-order valence-corrected chi connectivity index (χ3v) is 3.57. The molecule has 5 nitrogen and oxygen atoms in total. The largest absolute Gasteiger partial charge is 0.321 e. The van der Waals surface area contributed by atoms with E-state index in [1.165, 1.54) is 30.3 Å². The van der Waals surface area contributed by atoms with Crippen LogP contribution >= 0.6 is 27.5 Å². The Balaban J connectivity index is 2.32. The molecule has 8 heteroatoms. The molecule has 1 amide bonds. The number of rotatable bonds is 3. The minimum absolute atomic E-state index is 0.0397. The molecular weight excluding hydrogens is 367 g/mol. The van der Waals surface area contributed by atoms with E-state index in [4.69, 9.17) is 11.6 Å². The number of nitrogens with one attached hydrogen (secondary N) is 1. The smallest absolute Gasteiger partial charge is 0.270 e. The van der Waals surface area contributed by atoms with Gasteiger partial charge in [-0.1, -0.05) is 11.6 Å². The van der Waals surface area contributed by atoms with Gasteiger partial charge < -0.3 is 5.32 Å². The molecule has 0 unspecified atom stereocenters. The first-order chi connectivity index (χ1) is 9.88. The number of nitro benzene ring substituents is 1. The summed E-state index contributed by atoms with van der Waals surface area (Å²) >= 11 is 8.98. The maximum atomic E-state index is 13.0. The lowest BCUT2D eigenvalue weighted by molar-refractivity contribution is -0.384. The summed E-state index contributed by atoms with van der Waals surface area (Å²) in [6, 6.07) is 7.28. The van der Waals surface area contributed by atoms with Gasteiger partial charge >= 0.3 is 0 Å². The molecule has 108 valence electrons. The minimum atomic E-state index is -0.629. The molecule has 0 spiro atoms.